The van der Waals surface area contributed by atoms with Crippen molar-refractivity contribution in [2.45, 2.75) is 6.92 Å². The molecule has 0 saturated carbocycles. The SMILES string of the molecule is CCOc1ccccc1NC(=O)Nc1ccc(N2CCN(C)CC2)cc1. The molecule has 2 N–H and O–H groups in total. The molecule has 1 heterocycles. The summed E-state index contributed by atoms with van der Waals surface area (Å²) in [4.78, 5) is 17.0. The maximum atomic E-state index is 12.3. The normalized spacial score (nSPS) is 14.8. The molecule has 0 aliphatic carbocycles. The summed E-state index contributed by atoms with van der Waals surface area (Å²) in [6.07, 6.45) is 0. The van der Waals surface area contributed by atoms with E-state index in [0.717, 1.165) is 31.9 Å². The molecule has 0 spiro atoms. The number of nitrogens with zero attached hydrogens (tertiary/aromatic N) is 2. The van der Waals surface area contributed by atoms with Crippen LogP contribution >= 0.6 is 0 Å². The number of hydrogen-bond acceptors (Lipinski definition) is 4. The Labute approximate surface area is 154 Å². The molecule has 1 fully saturated rings. The highest BCUT2D eigenvalue weighted by Gasteiger charge is 2.14. The summed E-state index contributed by atoms with van der Waals surface area (Å²) in [5.41, 5.74) is 2.60. The number of ether oxygens (including phenoxy) is 1. The summed E-state index contributed by atoms with van der Waals surface area (Å²) in [6, 6.07) is 15.1. The third-order valence-corrected chi connectivity index (χ3v) is 4.43. The third-order valence-electron chi connectivity index (χ3n) is 4.43. The van der Waals surface area contributed by atoms with Gasteiger partial charge in [0.05, 0.1) is 12.3 Å². The maximum absolute atomic E-state index is 12.3. The Bertz CT molecular complexity index is 725. The summed E-state index contributed by atoms with van der Waals surface area (Å²) in [5.74, 6) is 0.663. The van der Waals surface area contributed by atoms with Gasteiger partial charge < -0.3 is 25.2 Å². The number of urea groups is 1. The second-order valence-corrected chi connectivity index (χ2v) is 6.35. The molecule has 0 atom stereocenters. The first-order valence-corrected chi connectivity index (χ1v) is 8.99. The molecule has 6 heteroatoms. The zero-order chi connectivity index (χ0) is 18.4. The molecule has 1 saturated heterocycles. The van der Waals surface area contributed by atoms with Crippen LogP contribution in [0.15, 0.2) is 48.5 Å². The minimum absolute atomic E-state index is 0.287. The van der Waals surface area contributed by atoms with Crippen molar-refractivity contribution in [3.8, 4) is 5.75 Å². The fourth-order valence-corrected chi connectivity index (χ4v) is 2.96. The van der Waals surface area contributed by atoms with E-state index in [1.54, 1.807) is 0 Å². The number of likely N-dealkylation sites (N-methyl/N-ethyl adjacent to an activating group) is 1. The predicted octanol–water partition coefficient (Wildman–Crippen LogP) is 3.48. The molecular weight excluding hydrogens is 328 g/mol. The first-order chi connectivity index (χ1) is 12.7. The van der Waals surface area contributed by atoms with Crippen molar-refractivity contribution >= 4 is 23.1 Å². The van der Waals surface area contributed by atoms with E-state index in [2.05, 4.69) is 39.6 Å². The Morgan fingerprint density at radius 2 is 1.69 bits per heavy atom. The minimum atomic E-state index is -0.287. The number of para-hydroxylation sites is 2. The predicted molar refractivity (Wildman–Crippen MR) is 106 cm³/mol. The number of piperazine rings is 1. The molecule has 2 aromatic rings. The lowest BCUT2D eigenvalue weighted by atomic mass is 10.2. The zero-order valence-electron chi connectivity index (χ0n) is 15.4. The second kappa shape index (κ2) is 8.58. The molecule has 0 aromatic heterocycles. The van der Waals surface area contributed by atoms with Crippen LogP contribution in [0.3, 0.4) is 0 Å². The second-order valence-electron chi connectivity index (χ2n) is 6.35. The van der Waals surface area contributed by atoms with Crippen LogP contribution in [0.25, 0.3) is 0 Å². The lowest BCUT2D eigenvalue weighted by Gasteiger charge is -2.34. The van der Waals surface area contributed by atoms with E-state index in [0.29, 0.717) is 18.0 Å². The van der Waals surface area contributed by atoms with Crippen LogP contribution in [0.2, 0.25) is 0 Å². The largest absolute Gasteiger partial charge is 0.492 e. The molecule has 0 radical (unpaired) electrons. The van der Waals surface area contributed by atoms with E-state index >= 15 is 0 Å². The van der Waals surface area contributed by atoms with Gasteiger partial charge in [0.1, 0.15) is 5.75 Å². The smallest absolute Gasteiger partial charge is 0.323 e. The van der Waals surface area contributed by atoms with Crippen LogP contribution in [0.1, 0.15) is 6.92 Å². The van der Waals surface area contributed by atoms with Gasteiger partial charge >= 0.3 is 6.03 Å². The van der Waals surface area contributed by atoms with Gasteiger partial charge in [-0.15, -0.1) is 0 Å². The quantitative estimate of drug-likeness (QED) is 0.863. The van der Waals surface area contributed by atoms with E-state index in [-0.39, 0.29) is 6.03 Å². The van der Waals surface area contributed by atoms with Gasteiger partial charge in [0.15, 0.2) is 0 Å². The number of carbonyl (C=O) groups excluding carboxylic acids is 1. The van der Waals surface area contributed by atoms with E-state index in [1.807, 2.05) is 43.3 Å². The highest BCUT2D eigenvalue weighted by atomic mass is 16.5. The molecular formula is C20H26N4O2. The van der Waals surface area contributed by atoms with E-state index in [9.17, 15) is 4.79 Å². The van der Waals surface area contributed by atoms with Gasteiger partial charge in [-0.2, -0.15) is 0 Å². The van der Waals surface area contributed by atoms with Crippen LogP contribution in [0, 0.1) is 0 Å². The molecule has 26 heavy (non-hydrogen) atoms. The molecule has 1 aliphatic rings. The lowest BCUT2D eigenvalue weighted by molar-refractivity contribution is 0.262. The van der Waals surface area contributed by atoms with Gasteiger partial charge in [-0.1, -0.05) is 12.1 Å². The number of carbonyl (C=O) groups is 1. The monoisotopic (exact) mass is 354 g/mol. The number of benzene rings is 2. The van der Waals surface area contributed by atoms with E-state index in [1.165, 1.54) is 5.69 Å². The summed E-state index contributed by atoms with van der Waals surface area (Å²) < 4.78 is 5.53. The minimum Gasteiger partial charge on any atom is -0.492 e. The summed E-state index contributed by atoms with van der Waals surface area (Å²) in [5, 5.41) is 5.70. The van der Waals surface area contributed by atoms with Crippen molar-refractivity contribution in [3.63, 3.8) is 0 Å². The Morgan fingerprint density at radius 1 is 1.00 bits per heavy atom. The highest BCUT2D eigenvalue weighted by molar-refractivity contribution is 6.00. The average Bonchev–Trinajstić information content (AvgIpc) is 2.65. The Balaban J connectivity index is 1.58. The summed E-state index contributed by atoms with van der Waals surface area (Å²) in [7, 11) is 2.15. The summed E-state index contributed by atoms with van der Waals surface area (Å²) >= 11 is 0. The van der Waals surface area contributed by atoms with E-state index < -0.39 is 0 Å². The van der Waals surface area contributed by atoms with Gasteiger partial charge in [-0.25, -0.2) is 4.79 Å². The average molecular weight is 354 g/mol. The molecule has 3 rings (SSSR count). The molecule has 1 aliphatic heterocycles. The number of nitrogens with one attached hydrogen (secondary N) is 2. The Kier molecular flexibility index (Phi) is 5.96. The number of anilines is 3. The van der Waals surface area contributed by atoms with Crippen molar-refractivity contribution in [1.82, 2.24) is 4.90 Å². The van der Waals surface area contributed by atoms with Crippen molar-refractivity contribution in [1.29, 1.82) is 0 Å². The van der Waals surface area contributed by atoms with Crippen molar-refractivity contribution in [2.24, 2.45) is 0 Å². The first-order valence-electron chi connectivity index (χ1n) is 8.99. The zero-order valence-corrected chi connectivity index (χ0v) is 15.4. The van der Waals surface area contributed by atoms with Crippen molar-refractivity contribution in [3.05, 3.63) is 48.5 Å². The number of hydrogen-bond donors (Lipinski definition) is 2. The van der Waals surface area contributed by atoms with Crippen LogP contribution in [0.5, 0.6) is 5.75 Å². The summed E-state index contributed by atoms with van der Waals surface area (Å²) in [6.45, 7) is 6.66. The Hall–Kier alpha value is -2.73. The van der Waals surface area contributed by atoms with Crippen molar-refractivity contribution < 1.29 is 9.53 Å². The molecule has 138 valence electrons. The third kappa shape index (κ3) is 4.67. The molecule has 0 bridgehead atoms. The van der Waals surface area contributed by atoms with Crippen LogP contribution in [-0.4, -0.2) is 50.8 Å². The van der Waals surface area contributed by atoms with E-state index in [4.69, 9.17) is 4.74 Å². The van der Waals surface area contributed by atoms with Gasteiger partial charge in [-0.3, -0.25) is 0 Å². The van der Waals surface area contributed by atoms with Gasteiger partial charge in [0, 0.05) is 37.6 Å². The Morgan fingerprint density at radius 3 is 2.38 bits per heavy atom. The molecule has 0 unspecified atom stereocenters. The van der Waals surface area contributed by atoms with Crippen molar-refractivity contribution in [2.75, 3.05) is 55.4 Å². The highest BCUT2D eigenvalue weighted by Crippen LogP contribution is 2.24. The van der Waals surface area contributed by atoms with Crippen LogP contribution < -0.4 is 20.3 Å². The number of rotatable bonds is 5. The van der Waals surface area contributed by atoms with Crippen LogP contribution in [0.4, 0.5) is 21.9 Å². The molecule has 2 amide bonds. The fraction of sp³-hybridized carbons (Fsp3) is 0.350. The maximum Gasteiger partial charge on any atom is 0.323 e. The van der Waals surface area contributed by atoms with Gasteiger partial charge in [0.2, 0.25) is 0 Å². The van der Waals surface area contributed by atoms with Gasteiger partial charge in [0.25, 0.3) is 0 Å². The standard InChI is InChI=1S/C20H26N4O2/c1-3-26-19-7-5-4-6-18(19)22-20(25)21-16-8-10-17(11-9-16)24-14-12-23(2)13-15-24/h4-11H,3,12-15H2,1-2H3,(H2,21,22,25). The topological polar surface area (TPSA) is 56.8 Å². The first kappa shape index (κ1) is 18.1. The fourth-order valence-electron chi connectivity index (χ4n) is 2.96. The molecule has 2 aromatic carbocycles. The molecule has 6 nitrogen and oxygen atoms in total. The lowest BCUT2D eigenvalue weighted by Crippen LogP contribution is -2.44. The van der Waals surface area contributed by atoms with Gasteiger partial charge in [-0.05, 0) is 50.4 Å². The van der Waals surface area contributed by atoms with Crippen LogP contribution in [-0.2, 0) is 0 Å². The number of amides is 2.